The van der Waals surface area contributed by atoms with E-state index >= 15 is 0 Å². The zero-order valence-electron chi connectivity index (χ0n) is 17.3. The Hall–Kier alpha value is -3.02. The lowest BCUT2D eigenvalue weighted by atomic mass is 10.1. The average Bonchev–Trinajstić information content (AvgIpc) is 2.74. The zero-order valence-corrected chi connectivity index (χ0v) is 18.9. The number of halogens is 9. The Bertz CT molecular complexity index is 1330. The minimum Gasteiger partial charge on any atom is -0.378 e. The van der Waals surface area contributed by atoms with Crippen molar-refractivity contribution in [2.45, 2.75) is 29.5 Å². The van der Waals surface area contributed by atoms with Gasteiger partial charge in [0.1, 0.15) is 5.75 Å². The second-order valence-corrected chi connectivity index (χ2v) is 9.95. The van der Waals surface area contributed by atoms with Crippen LogP contribution in [0, 0.1) is 6.92 Å². The number of aryl methyl sites for hydroxylation is 1. The predicted octanol–water partition coefficient (Wildman–Crippen LogP) is 4.84. The highest BCUT2D eigenvalue weighted by molar-refractivity contribution is 7.89. The lowest BCUT2D eigenvalue weighted by Crippen LogP contribution is -2.61. The van der Waals surface area contributed by atoms with Crippen LogP contribution in [0.4, 0.5) is 39.5 Å². The van der Waals surface area contributed by atoms with Crippen LogP contribution in [0.3, 0.4) is 0 Å². The van der Waals surface area contributed by atoms with Gasteiger partial charge >= 0.3 is 42.8 Å². The fraction of sp³-hybridized carbons (Fsp3) is 0.278. The summed E-state index contributed by atoms with van der Waals surface area (Å²) in [5.41, 5.74) is -2.87. The Balaban J connectivity index is 2.47. The van der Waals surface area contributed by atoms with Gasteiger partial charge in [0.2, 0.25) is 0 Å². The Morgan fingerprint density at radius 1 is 0.722 bits per heavy atom. The summed E-state index contributed by atoms with van der Waals surface area (Å²) < 4.78 is 178. The van der Waals surface area contributed by atoms with Gasteiger partial charge in [-0.25, -0.2) is 0 Å². The van der Waals surface area contributed by atoms with Crippen molar-refractivity contribution in [3.8, 4) is 5.75 Å². The van der Waals surface area contributed by atoms with Gasteiger partial charge in [0.25, 0.3) is 0 Å². The van der Waals surface area contributed by atoms with Crippen molar-refractivity contribution in [2.75, 3.05) is 0 Å². The van der Waals surface area contributed by atoms with Crippen molar-refractivity contribution in [1.82, 2.24) is 0 Å². The molecular formula is C18H12F9NO6S2. The van der Waals surface area contributed by atoms with E-state index in [1.165, 1.54) is 13.0 Å². The standard InChI is InChI=1S/C18H12F9NO6S2/c1-11-7-9-13(10-8-11)33-35(29,30)17(24,25)16(22,23)18(26,27)36(31,32)34-28-14(15(19,20)21)12-5-3-2-4-6-12/h2-10H,1H3. The molecular weight excluding hydrogens is 561 g/mol. The zero-order chi connectivity index (χ0) is 27.8. The van der Waals surface area contributed by atoms with Crippen molar-refractivity contribution < 1.29 is 64.8 Å². The molecule has 18 heteroatoms. The predicted molar refractivity (Wildman–Crippen MR) is 105 cm³/mol. The molecule has 0 aliphatic heterocycles. The van der Waals surface area contributed by atoms with Gasteiger partial charge in [-0.3, -0.25) is 4.28 Å². The second kappa shape index (κ2) is 9.45. The second-order valence-electron chi connectivity index (χ2n) is 6.79. The lowest BCUT2D eigenvalue weighted by molar-refractivity contribution is -0.247. The fourth-order valence-corrected chi connectivity index (χ4v) is 3.94. The fourth-order valence-electron chi connectivity index (χ4n) is 2.25. The molecule has 2 aromatic carbocycles. The van der Waals surface area contributed by atoms with Gasteiger partial charge < -0.3 is 4.18 Å². The first-order valence-electron chi connectivity index (χ1n) is 8.95. The first-order chi connectivity index (χ1) is 16.2. The molecule has 0 saturated heterocycles. The molecule has 36 heavy (non-hydrogen) atoms. The summed E-state index contributed by atoms with van der Waals surface area (Å²) in [5, 5.41) is -12.2. The molecule has 0 bridgehead atoms. The topological polar surface area (TPSA) is 99.1 Å². The number of hydrogen-bond donors (Lipinski definition) is 0. The molecule has 0 heterocycles. The number of nitrogens with zero attached hydrogens (tertiary/aromatic N) is 1. The summed E-state index contributed by atoms with van der Waals surface area (Å²) in [7, 11) is -14.5. The van der Waals surface area contributed by atoms with Crippen molar-refractivity contribution in [2.24, 2.45) is 5.16 Å². The number of alkyl halides is 9. The maximum Gasteiger partial charge on any atom is 0.452 e. The molecule has 0 N–H and O–H groups in total. The Morgan fingerprint density at radius 3 is 1.67 bits per heavy atom. The van der Waals surface area contributed by atoms with Crippen LogP contribution in [-0.2, 0) is 24.5 Å². The molecule has 0 radical (unpaired) electrons. The first kappa shape index (κ1) is 29.2. The molecule has 0 fully saturated rings. The van der Waals surface area contributed by atoms with Crippen molar-refractivity contribution in [3.05, 3.63) is 65.7 Å². The van der Waals surface area contributed by atoms with Crippen LogP contribution in [0.25, 0.3) is 0 Å². The molecule has 0 saturated carbocycles. The van der Waals surface area contributed by atoms with Crippen LogP contribution in [0.5, 0.6) is 5.75 Å². The number of hydrogen-bond acceptors (Lipinski definition) is 7. The third kappa shape index (κ3) is 5.37. The molecule has 0 aliphatic rings. The Kier molecular flexibility index (Phi) is 7.67. The lowest BCUT2D eigenvalue weighted by Gasteiger charge is -2.30. The van der Waals surface area contributed by atoms with Gasteiger partial charge in [0.05, 0.1) is 0 Å². The summed E-state index contributed by atoms with van der Waals surface area (Å²) in [6, 6.07) is 7.93. The van der Waals surface area contributed by atoms with Crippen LogP contribution in [-0.4, -0.2) is 45.2 Å². The van der Waals surface area contributed by atoms with E-state index in [1.807, 2.05) is 5.16 Å². The van der Waals surface area contributed by atoms with Crippen LogP contribution in [0.15, 0.2) is 59.8 Å². The first-order valence-corrected chi connectivity index (χ1v) is 11.8. The summed E-state index contributed by atoms with van der Waals surface area (Å²) >= 11 is 0. The van der Waals surface area contributed by atoms with Crippen LogP contribution < -0.4 is 4.18 Å². The third-order valence-corrected chi connectivity index (χ3v) is 6.58. The normalized spacial score (nSPS) is 14.4. The van der Waals surface area contributed by atoms with Gasteiger partial charge in [-0.05, 0) is 19.1 Å². The molecule has 2 rings (SSSR count). The van der Waals surface area contributed by atoms with E-state index in [1.54, 1.807) is 0 Å². The van der Waals surface area contributed by atoms with Gasteiger partial charge in [0.15, 0.2) is 5.71 Å². The minimum absolute atomic E-state index is 0.417. The maximum atomic E-state index is 14.1. The van der Waals surface area contributed by atoms with Gasteiger partial charge in [-0.2, -0.15) is 56.3 Å². The third-order valence-electron chi connectivity index (χ3n) is 4.13. The monoisotopic (exact) mass is 573 g/mol. The average molecular weight is 573 g/mol. The van der Waals surface area contributed by atoms with Crippen LogP contribution in [0.2, 0.25) is 0 Å². The van der Waals surface area contributed by atoms with E-state index in [0.717, 1.165) is 24.3 Å². The highest BCUT2D eigenvalue weighted by Crippen LogP contribution is 2.51. The summed E-state index contributed by atoms with van der Waals surface area (Å²) in [4.78, 5) is 0. The maximum absolute atomic E-state index is 14.1. The smallest absolute Gasteiger partial charge is 0.378 e. The van der Waals surface area contributed by atoms with Crippen molar-refractivity contribution in [3.63, 3.8) is 0 Å². The summed E-state index contributed by atoms with van der Waals surface area (Å²) in [6.45, 7) is 1.44. The van der Waals surface area contributed by atoms with E-state index in [4.69, 9.17) is 0 Å². The number of rotatable bonds is 9. The van der Waals surface area contributed by atoms with Crippen molar-refractivity contribution >= 4 is 25.9 Å². The Morgan fingerprint density at radius 2 is 1.19 bits per heavy atom. The summed E-state index contributed by atoms with van der Waals surface area (Å²) in [6.07, 6.45) is -5.59. The van der Waals surface area contributed by atoms with E-state index in [-0.39, 0.29) is 0 Å². The largest absolute Gasteiger partial charge is 0.452 e. The van der Waals surface area contributed by atoms with E-state index in [2.05, 4.69) is 8.47 Å². The molecule has 0 aromatic heterocycles. The van der Waals surface area contributed by atoms with E-state index in [0.29, 0.717) is 29.8 Å². The molecule has 2 aromatic rings. The van der Waals surface area contributed by atoms with Gasteiger partial charge in [0, 0.05) is 5.56 Å². The molecule has 0 aliphatic carbocycles. The van der Waals surface area contributed by atoms with Gasteiger partial charge in [-0.15, -0.1) is 0 Å². The van der Waals surface area contributed by atoms with E-state index in [9.17, 15) is 56.3 Å². The number of oxime groups is 1. The SMILES string of the molecule is Cc1ccc(OS(=O)(=O)C(F)(F)C(F)(F)C(F)(F)S(=O)(=O)ON=C(c2ccccc2)C(F)(F)F)cc1. The quantitative estimate of drug-likeness (QED) is 0.184. The molecule has 0 spiro atoms. The molecule has 0 unspecified atom stereocenters. The molecule has 200 valence electrons. The molecule has 0 amide bonds. The minimum atomic E-state index is -7.47. The van der Waals surface area contributed by atoms with Crippen molar-refractivity contribution in [1.29, 1.82) is 0 Å². The summed E-state index contributed by atoms with van der Waals surface area (Å²) in [5.74, 6) is -8.36. The molecule has 0 atom stereocenters. The van der Waals surface area contributed by atoms with Crippen LogP contribution >= 0.6 is 0 Å². The van der Waals surface area contributed by atoms with Gasteiger partial charge in [-0.1, -0.05) is 53.2 Å². The van der Waals surface area contributed by atoms with Crippen LogP contribution in [0.1, 0.15) is 11.1 Å². The highest BCUT2D eigenvalue weighted by atomic mass is 32.2. The Labute approximate surface area is 197 Å². The number of benzene rings is 2. The van der Waals surface area contributed by atoms with E-state index < -0.39 is 59.9 Å². The highest BCUT2D eigenvalue weighted by Gasteiger charge is 2.84. The molecule has 7 nitrogen and oxygen atoms in total.